The first-order chi connectivity index (χ1) is 20.7. The molecule has 0 N–H and O–H groups in total. The van der Waals surface area contributed by atoms with Gasteiger partial charge in [0.05, 0.1) is 12.7 Å². The molecule has 6 heteroatoms. The third-order valence-corrected chi connectivity index (χ3v) is 8.43. The molecule has 0 aromatic heterocycles. The van der Waals surface area contributed by atoms with Gasteiger partial charge in [-0.15, -0.1) is 0 Å². The molecule has 0 saturated heterocycles. The SMILES string of the molecule is CCCCCCCCCCCCCCCCCC(=O)OCc1cc(OC)c2c(c1C=O)O[C@](C)(CC(=O)C=C(C)C)CC2. The molecule has 0 fully saturated rings. The van der Waals surface area contributed by atoms with Crippen molar-refractivity contribution in [1.29, 1.82) is 0 Å². The third-order valence-electron chi connectivity index (χ3n) is 8.43. The molecule has 242 valence electrons. The van der Waals surface area contributed by atoms with Gasteiger partial charge in [0.1, 0.15) is 23.7 Å². The van der Waals surface area contributed by atoms with Crippen LogP contribution in [0.5, 0.6) is 11.5 Å². The Morgan fingerprint density at radius 3 is 1.98 bits per heavy atom. The van der Waals surface area contributed by atoms with Gasteiger partial charge in [0.15, 0.2) is 12.1 Å². The van der Waals surface area contributed by atoms with Crippen molar-refractivity contribution in [2.75, 3.05) is 7.11 Å². The lowest BCUT2D eigenvalue weighted by atomic mass is 9.86. The Morgan fingerprint density at radius 1 is 0.907 bits per heavy atom. The smallest absolute Gasteiger partial charge is 0.306 e. The van der Waals surface area contributed by atoms with Crippen molar-refractivity contribution in [2.24, 2.45) is 0 Å². The highest BCUT2D eigenvalue weighted by atomic mass is 16.5. The highest BCUT2D eigenvalue weighted by molar-refractivity contribution is 5.91. The molecule has 0 radical (unpaired) electrons. The van der Waals surface area contributed by atoms with Gasteiger partial charge in [0, 0.05) is 24.0 Å². The van der Waals surface area contributed by atoms with E-state index in [1.54, 1.807) is 19.3 Å². The molecule has 0 bridgehead atoms. The lowest BCUT2D eigenvalue weighted by Crippen LogP contribution is -2.39. The van der Waals surface area contributed by atoms with E-state index in [0.29, 0.717) is 41.9 Å². The molecule has 1 aromatic rings. The summed E-state index contributed by atoms with van der Waals surface area (Å²) in [4.78, 5) is 37.2. The number of carbonyl (C=O) groups is 3. The Bertz CT molecular complexity index is 1040. The molecule has 0 saturated carbocycles. The summed E-state index contributed by atoms with van der Waals surface area (Å²) in [6.07, 6.45) is 23.4. The molecule has 0 amide bonds. The number of rotatable bonds is 23. The van der Waals surface area contributed by atoms with E-state index < -0.39 is 5.60 Å². The summed E-state index contributed by atoms with van der Waals surface area (Å²) in [6, 6.07) is 1.77. The molecular formula is C37H58O6. The van der Waals surface area contributed by atoms with Crippen molar-refractivity contribution in [3.63, 3.8) is 0 Å². The maximum Gasteiger partial charge on any atom is 0.306 e. The molecule has 0 aliphatic carbocycles. The van der Waals surface area contributed by atoms with Crippen LogP contribution in [0.1, 0.15) is 165 Å². The van der Waals surface area contributed by atoms with Crippen molar-refractivity contribution >= 4 is 18.0 Å². The summed E-state index contributed by atoms with van der Waals surface area (Å²) in [6.45, 7) is 7.92. The maximum atomic E-state index is 12.5. The molecule has 1 aromatic carbocycles. The zero-order chi connectivity index (χ0) is 31.5. The van der Waals surface area contributed by atoms with Crippen molar-refractivity contribution < 1.29 is 28.6 Å². The van der Waals surface area contributed by atoms with Crippen LogP contribution in [0.4, 0.5) is 0 Å². The molecule has 43 heavy (non-hydrogen) atoms. The average molecular weight is 599 g/mol. The minimum absolute atomic E-state index is 0.00513. The van der Waals surface area contributed by atoms with Gasteiger partial charge in [-0.25, -0.2) is 0 Å². The van der Waals surface area contributed by atoms with E-state index in [0.717, 1.165) is 36.7 Å². The fraction of sp³-hybridized carbons (Fsp3) is 0.703. The quantitative estimate of drug-likeness (QED) is 0.0540. The normalized spacial score (nSPS) is 15.7. The first-order valence-corrected chi connectivity index (χ1v) is 16.9. The standard InChI is InChI=1S/C37H58O6/c1-6-7-8-9-10-11-12-13-14-15-16-17-18-19-20-21-35(40)42-28-30-25-34(41-5)32-22-23-37(4,26-31(39)24-29(2)3)43-36(32)33(30)27-38/h24-25,27H,6-23,26,28H2,1-5H3/t37-/m0/s1. The Morgan fingerprint density at radius 2 is 1.47 bits per heavy atom. The van der Waals surface area contributed by atoms with Crippen LogP contribution in [0.2, 0.25) is 0 Å². The monoisotopic (exact) mass is 598 g/mol. The second-order valence-electron chi connectivity index (χ2n) is 12.9. The van der Waals surface area contributed by atoms with Gasteiger partial charge in [-0.2, -0.15) is 0 Å². The highest BCUT2D eigenvalue weighted by Gasteiger charge is 2.37. The van der Waals surface area contributed by atoms with Gasteiger partial charge in [0.25, 0.3) is 0 Å². The highest BCUT2D eigenvalue weighted by Crippen LogP contribution is 2.43. The minimum Gasteiger partial charge on any atom is -0.496 e. The minimum atomic E-state index is -0.734. The summed E-state index contributed by atoms with van der Waals surface area (Å²) >= 11 is 0. The van der Waals surface area contributed by atoms with Crippen LogP contribution in [0, 0.1) is 0 Å². The number of hydrogen-bond donors (Lipinski definition) is 0. The predicted octanol–water partition coefficient (Wildman–Crippen LogP) is 9.82. The van der Waals surface area contributed by atoms with Crippen molar-refractivity contribution in [2.45, 2.75) is 162 Å². The first-order valence-electron chi connectivity index (χ1n) is 16.9. The molecule has 6 nitrogen and oxygen atoms in total. The fourth-order valence-electron chi connectivity index (χ4n) is 5.95. The van der Waals surface area contributed by atoms with Crippen LogP contribution in [-0.2, 0) is 27.4 Å². The van der Waals surface area contributed by atoms with E-state index in [2.05, 4.69) is 6.92 Å². The zero-order valence-corrected chi connectivity index (χ0v) is 27.8. The Kier molecular flexibility index (Phi) is 17.3. The van der Waals surface area contributed by atoms with Gasteiger partial charge in [-0.3, -0.25) is 14.4 Å². The van der Waals surface area contributed by atoms with E-state index >= 15 is 0 Å². The lowest BCUT2D eigenvalue weighted by Gasteiger charge is -2.37. The van der Waals surface area contributed by atoms with Crippen LogP contribution in [-0.4, -0.2) is 30.7 Å². The number of ketones is 1. The number of aldehydes is 1. The number of benzene rings is 1. The summed E-state index contributed by atoms with van der Waals surface area (Å²) in [5, 5.41) is 0. The van der Waals surface area contributed by atoms with Gasteiger partial charge in [0.2, 0.25) is 0 Å². The van der Waals surface area contributed by atoms with Crippen LogP contribution in [0.15, 0.2) is 17.7 Å². The number of ether oxygens (including phenoxy) is 3. The van der Waals surface area contributed by atoms with E-state index in [9.17, 15) is 14.4 Å². The van der Waals surface area contributed by atoms with E-state index in [1.807, 2.05) is 20.8 Å². The number of methoxy groups -OCH3 is 1. The summed E-state index contributed by atoms with van der Waals surface area (Å²) in [7, 11) is 1.58. The third kappa shape index (κ3) is 13.7. The largest absolute Gasteiger partial charge is 0.496 e. The number of allylic oxidation sites excluding steroid dienone is 2. The summed E-state index contributed by atoms with van der Waals surface area (Å²) in [5.41, 5.74) is 1.92. The number of hydrogen-bond acceptors (Lipinski definition) is 6. The van der Waals surface area contributed by atoms with E-state index in [1.165, 1.54) is 77.0 Å². The van der Waals surface area contributed by atoms with Crippen LogP contribution >= 0.6 is 0 Å². The second kappa shape index (κ2) is 20.3. The summed E-state index contributed by atoms with van der Waals surface area (Å²) < 4.78 is 17.5. The van der Waals surface area contributed by atoms with Gasteiger partial charge in [-0.05, 0) is 52.2 Å². The Balaban J connectivity index is 1.73. The predicted molar refractivity (Wildman–Crippen MR) is 174 cm³/mol. The number of fused-ring (bicyclic) bond motifs is 1. The molecule has 0 unspecified atom stereocenters. The van der Waals surface area contributed by atoms with Gasteiger partial charge in [-0.1, -0.05) is 102 Å². The molecule has 1 aliphatic heterocycles. The molecule has 1 atom stereocenters. The Labute approximate surface area is 261 Å². The van der Waals surface area contributed by atoms with E-state index in [-0.39, 0.29) is 24.8 Å². The van der Waals surface area contributed by atoms with Crippen LogP contribution in [0.3, 0.4) is 0 Å². The molecule has 1 aliphatic rings. The lowest BCUT2D eigenvalue weighted by molar-refractivity contribution is -0.145. The molecule has 1 heterocycles. The average Bonchev–Trinajstić information content (AvgIpc) is 2.96. The van der Waals surface area contributed by atoms with Crippen molar-refractivity contribution in [3.8, 4) is 11.5 Å². The number of unbranched alkanes of at least 4 members (excludes halogenated alkanes) is 14. The van der Waals surface area contributed by atoms with Gasteiger partial charge < -0.3 is 14.2 Å². The van der Waals surface area contributed by atoms with Gasteiger partial charge >= 0.3 is 5.97 Å². The number of carbonyl (C=O) groups excluding carboxylic acids is 3. The van der Waals surface area contributed by atoms with Crippen molar-refractivity contribution in [1.82, 2.24) is 0 Å². The van der Waals surface area contributed by atoms with Crippen LogP contribution in [0.25, 0.3) is 0 Å². The second-order valence-corrected chi connectivity index (χ2v) is 12.9. The summed E-state index contributed by atoms with van der Waals surface area (Å²) in [5.74, 6) is 0.768. The number of esters is 1. The topological polar surface area (TPSA) is 78.9 Å². The van der Waals surface area contributed by atoms with E-state index in [4.69, 9.17) is 14.2 Å². The Hall–Kier alpha value is -2.63. The maximum absolute atomic E-state index is 12.5. The fourth-order valence-corrected chi connectivity index (χ4v) is 5.95. The molecular weight excluding hydrogens is 540 g/mol. The first kappa shape index (κ1) is 36.6. The molecule has 0 spiro atoms. The van der Waals surface area contributed by atoms with Crippen LogP contribution < -0.4 is 9.47 Å². The zero-order valence-electron chi connectivity index (χ0n) is 27.8. The molecule has 2 rings (SSSR count). The van der Waals surface area contributed by atoms with Crippen molar-refractivity contribution in [3.05, 3.63) is 34.4 Å².